The Morgan fingerprint density at radius 3 is 2.53 bits per heavy atom. The highest BCUT2D eigenvalue weighted by molar-refractivity contribution is 7.15. The Balaban J connectivity index is 2.55. The van der Waals surface area contributed by atoms with Crippen LogP contribution in [0.4, 0.5) is 13.9 Å². The molecule has 0 atom stereocenters. The zero-order valence-electron chi connectivity index (χ0n) is 9.50. The van der Waals surface area contributed by atoms with Crippen LogP contribution < -0.4 is 5.73 Å². The highest BCUT2D eigenvalue weighted by atomic mass is 32.1. The number of benzene rings is 1. The van der Waals surface area contributed by atoms with E-state index in [-0.39, 0.29) is 5.92 Å². The third-order valence-corrected chi connectivity index (χ3v) is 3.57. The Bertz CT molecular complexity index is 549. The fourth-order valence-electron chi connectivity index (χ4n) is 1.59. The normalized spacial score (nSPS) is 11.1. The first-order chi connectivity index (χ1) is 7.99. The minimum Gasteiger partial charge on any atom is -0.375 e. The van der Waals surface area contributed by atoms with Crippen molar-refractivity contribution in [3.63, 3.8) is 0 Å². The van der Waals surface area contributed by atoms with Crippen LogP contribution in [0.3, 0.4) is 0 Å². The monoisotopic (exact) mass is 254 g/mol. The van der Waals surface area contributed by atoms with Crippen LogP contribution in [0, 0.1) is 11.6 Å². The summed E-state index contributed by atoms with van der Waals surface area (Å²) in [5, 5.41) is 0.438. The second-order valence-electron chi connectivity index (χ2n) is 4.05. The van der Waals surface area contributed by atoms with Crippen molar-refractivity contribution in [2.45, 2.75) is 19.8 Å². The Hall–Kier alpha value is -1.49. The van der Waals surface area contributed by atoms with Crippen LogP contribution >= 0.6 is 11.3 Å². The number of hydrogen-bond acceptors (Lipinski definition) is 3. The van der Waals surface area contributed by atoms with Gasteiger partial charge in [0.15, 0.2) is 16.8 Å². The molecule has 0 saturated heterocycles. The molecule has 0 saturated carbocycles. The summed E-state index contributed by atoms with van der Waals surface area (Å²) >= 11 is 1.38. The Morgan fingerprint density at radius 1 is 1.24 bits per heavy atom. The third-order valence-electron chi connectivity index (χ3n) is 2.39. The van der Waals surface area contributed by atoms with Gasteiger partial charge in [-0.25, -0.2) is 13.8 Å². The molecule has 90 valence electrons. The zero-order valence-corrected chi connectivity index (χ0v) is 10.3. The predicted octanol–water partition coefficient (Wildman–Crippen LogP) is 3.79. The molecule has 2 nitrogen and oxygen atoms in total. The molecule has 1 aromatic carbocycles. The van der Waals surface area contributed by atoms with Gasteiger partial charge < -0.3 is 5.73 Å². The molecule has 17 heavy (non-hydrogen) atoms. The van der Waals surface area contributed by atoms with Gasteiger partial charge in [0.05, 0.1) is 5.69 Å². The highest BCUT2D eigenvalue weighted by Gasteiger charge is 2.15. The number of nitrogens with two attached hydrogens (primary N) is 1. The predicted molar refractivity (Wildman–Crippen MR) is 66.0 cm³/mol. The molecule has 0 aliphatic rings. The average molecular weight is 254 g/mol. The molecule has 2 rings (SSSR count). The van der Waals surface area contributed by atoms with Gasteiger partial charge in [-0.15, -0.1) is 11.3 Å². The molecule has 0 aliphatic heterocycles. The van der Waals surface area contributed by atoms with Crippen molar-refractivity contribution in [2.75, 3.05) is 5.73 Å². The second kappa shape index (κ2) is 4.41. The molecule has 0 unspecified atom stereocenters. The van der Waals surface area contributed by atoms with Gasteiger partial charge in [0, 0.05) is 10.4 Å². The fraction of sp³-hybridized carbons (Fsp3) is 0.250. The molecule has 0 bridgehead atoms. The molecular weight excluding hydrogens is 242 g/mol. The molecule has 2 aromatic rings. The maximum Gasteiger partial charge on any atom is 0.180 e. The van der Waals surface area contributed by atoms with Gasteiger partial charge in [-0.2, -0.15) is 0 Å². The maximum atomic E-state index is 13.2. The highest BCUT2D eigenvalue weighted by Crippen LogP contribution is 2.35. The topological polar surface area (TPSA) is 38.9 Å². The molecule has 0 spiro atoms. The van der Waals surface area contributed by atoms with Crippen molar-refractivity contribution in [1.82, 2.24) is 4.98 Å². The Labute approximate surface area is 102 Å². The quantitative estimate of drug-likeness (QED) is 0.885. The SMILES string of the molecule is CC(C)c1sc(N)nc1-c1ccc(F)c(F)c1. The number of nitrogen functional groups attached to an aromatic ring is 1. The minimum atomic E-state index is -0.872. The number of rotatable bonds is 2. The van der Waals surface area contributed by atoms with E-state index in [1.165, 1.54) is 17.4 Å². The Morgan fingerprint density at radius 2 is 1.94 bits per heavy atom. The largest absolute Gasteiger partial charge is 0.375 e. The lowest BCUT2D eigenvalue weighted by Crippen LogP contribution is -1.91. The zero-order chi connectivity index (χ0) is 12.6. The number of nitrogens with zero attached hydrogens (tertiary/aromatic N) is 1. The van der Waals surface area contributed by atoms with Crippen molar-refractivity contribution in [2.24, 2.45) is 0 Å². The lowest BCUT2D eigenvalue weighted by molar-refractivity contribution is 0.509. The van der Waals surface area contributed by atoms with E-state index in [1.54, 1.807) is 0 Å². The number of thiazole rings is 1. The van der Waals surface area contributed by atoms with Gasteiger partial charge >= 0.3 is 0 Å². The smallest absolute Gasteiger partial charge is 0.180 e. The molecule has 2 N–H and O–H groups in total. The molecule has 0 aliphatic carbocycles. The summed E-state index contributed by atoms with van der Waals surface area (Å²) in [6.07, 6.45) is 0. The molecular formula is C12H12F2N2S. The van der Waals surface area contributed by atoms with E-state index in [4.69, 9.17) is 5.73 Å². The maximum absolute atomic E-state index is 13.2. The van der Waals surface area contributed by atoms with Crippen LogP contribution in [0.2, 0.25) is 0 Å². The second-order valence-corrected chi connectivity index (χ2v) is 5.11. The van der Waals surface area contributed by atoms with Crippen molar-refractivity contribution >= 4 is 16.5 Å². The lowest BCUT2D eigenvalue weighted by Gasteiger charge is -2.05. The first-order valence-electron chi connectivity index (χ1n) is 5.20. The van der Waals surface area contributed by atoms with Crippen LogP contribution in [0.15, 0.2) is 18.2 Å². The van der Waals surface area contributed by atoms with Crippen LogP contribution in [-0.2, 0) is 0 Å². The standard InChI is InChI=1S/C12H12F2N2S/c1-6(2)11-10(16-12(15)17-11)7-3-4-8(13)9(14)5-7/h3-6H,1-2H3,(H2,15,16). The molecule has 1 heterocycles. The summed E-state index contributed by atoms with van der Waals surface area (Å²) in [5.41, 5.74) is 6.86. The number of anilines is 1. The van der Waals surface area contributed by atoms with Gasteiger partial charge in [-0.3, -0.25) is 0 Å². The van der Waals surface area contributed by atoms with E-state index in [1.807, 2.05) is 13.8 Å². The van der Waals surface area contributed by atoms with E-state index in [9.17, 15) is 8.78 Å². The summed E-state index contributed by atoms with van der Waals surface area (Å²) in [4.78, 5) is 5.16. The van der Waals surface area contributed by atoms with Crippen molar-refractivity contribution < 1.29 is 8.78 Å². The molecule has 0 fully saturated rings. The lowest BCUT2D eigenvalue weighted by atomic mass is 10.1. The van der Waals surface area contributed by atoms with E-state index in [0.29, 0.717) is 16.4 Å². The van der Waals surface area contributed by atoms with Gasteiger partial charge in [-0.05, 0) is 24.1 Å². The molecule has 1 aromatic heterocycles. The average Bonchev–Trinajstić information content (AvgIpc) is 2.64. The van der Waals surface area contributed by atoms with E-state index in [2.05, 4.69) is 4.98 Å². The summed E-state index contributed by atoms with van der Waals surface area (Å²) < 4.78 is 26.0. The summed E-state index contributed by atoms with van der Waals surface area (Å²) in [5.74, 6) is -1.49. The molecule has 0 amide bonds. The number of hydrogen-bond donors (Lipinski definition) is 1. The Kier molecular flexibility index (Phi) is 3.11. The van der Waals surface area contributed by atoms with Crippen molar-refractivity contribution in [3.05, 3.63) is 34.7 Å². The fourth-order valence-corrected chi connectivity index (χ4v) is 2.45. The van der Waals surface area contributed by atoms with E-state index >= 15 is 0 Å². The summed E-state index contributed by atoms with van der Waals surface area (Å²) in [6.45, 7) is 4.02. The first-order valence-corrected chi connectivity index (χ1v) is 6.02. The number of halogens is 2. The summed E-state index contributed by atoms with van der Waals surface area (Å²) in [7, 11) is 0. The minimum absolute atomic E-state index is 0.243. The van der Waals surface area contributed by atoms with Gasteiger partial charge in [0.1, 0.15) is 0 Å². The molecule has 0 radical (unpaired) electrons. The van der Waals surface area contributed by atoms with Crippen LogP contribution in [-0.4, -0.2) is 4.98 Å². The van der Waals surface area contributed by atoms with Gasteiger partial charge in [-0.1, -0.05) is 13.8 Å². The molecule has 5 heteroatoms. The van der Waals surface area contributed by atoms with Crippen molar-refractivity contribution in [1.29, 1.82) is 0 Å². The van der Waals surface area contributed by atoms with Crippen molar-refractivity contribution in [3.8, 4) is 11.3 Å². The van der Waals surface area contributed by atoms with E-state index < -0.39 is 11.6 Å². The first kappa shape index (κ1) is 12.0. The van der Waals surface area contributed by atoms with E-state index in [0.717, 1.165) is 17.0 Å². The summed E-state index contributed by atoms with van der Waals surface area (Å²) in [6, 6.07) is 3.76. The third kappa shape index (κ3) is 2.29. The van der Waals surface area contributed by atoms with Gasteiger partial charge in [0.2, 0.25) is 0 Å². The van der Waals surface area contributed by atoms with Crippen LogP contribution in [0.25, 0.3) is 11.3 Å². The van der Waals surface area contributed by atoms with Crippen LogP contribution in [0.1, 0.15) is 24.6 Å². The van der Waals surface area contributed by atoms with Gasteiger partial charge in [0.25, 0.3) is 0 Å². The number of aromatic nitrogens is 1. The van der Waals surface area contributed by atoms with Crippen LogP contribution in [0.5, 0.6) is 0 Å².